The molecule has 1 aromatic rings. The molecule has 98 valence electrons. The summed E-state index contributed by atoms with van der Waals surface area (Å²) < 4.78 is 13.8. The summed E-state index contributed by atoms with van der Waals surface area (Å²) in [6, 6.07) is 2.85. The predicted molar refractivity (Wildman–Crippen MR) is 73.1 cm³/mol. The van der Waals surface area contributed by atoms with Crippen LogP contribution in [0, 0.1) is 12.7 Å². The number of carbonyl (C=O) groups is 1. The second kappa shape index (κ2) is 5.80. The first kappa shape index (κ1) is 13.5. The fourth-order valence-electron chi connectivity index (χ4n) is 2.08. The number of hydrogen-bond donors (Lipinski definition) is 2. The van der Waals surface area contributed by atoms with Crippen molar-refractivity contribution in [1.82, 2.24) is 5.32 Å². The molecule has 0 radical (unpaired) electrons. The molecule has 0 spiro atoms. The van der Waals surface area contributed by atoms with Crippen LogP contribution in [-0.4, -0.2) is 18.5 Å². The summed E-state index contributed by atoms with van der Waals surface area (Å²) in [5.41, 5.74) is 1.38. The number of nitrogens with one attached hydrogen (secondary N) is 2. The van der Waals surface area contributed by atoms with Gasteiger partial charge in [0, 0.05) is 5.69 Å². The lowest BCUT2D eigenvalue weighted by molar-refractivity contribution is -0.118. The average Bonchev–Trinajstić information content (AvgIpc) is 2.37. The van der Waals surface area contributed by atoms with E-state index in [1.54, 1.807) is 6.07 Å². The van der Waals surface area contributed by atoms with Gasteiger partial charge in [-0.15, -0.1) is 0 Å². The van der Waals surface area contributed by atoms with Crippen LogP contribution in [0.4, 0.5) is 10.1 Å². The van der Waals surface area contributed by atoms with E-state index >= 15 is 0 Å². The number of amides is 1. The Hall–Kier alpha value is -0.940. The van der Waals surface area contributed by atoms with Crippen molar-refractivity contribution in [3.05, 3.63) is 28.0 Å². The third-order valence-electron chi connectivity index (χ3n) is 3.15. The van der Waals surface area contributed by atoms with Gasteiger partial charge in [0.1, 0.15) is 5.82 Å². The quantitative estimate of drug-likeness (QED) is 0.881. The second-order valence-electron chi connectivity index (χ2n) is 4.57. The van der Waals surface area contributed by atoms with E-state index in [1.807, 2.05) is 6.92 Å². The topological polar surface area (TPSA) is 41.1 Å². The Morgan fingerprint density at radius 3 is 2.94 bits per heavy atom. The molecule has 0 unspecified atom stereocenters. The van der Waals surface area contributed by atoms with Crippen LogP contribution in [0.3, 0.4) is 0 Å². The normalized spacial score (nSPS) is 19.6. The van der Waals surface area contributed by atoms with Crippen molar-refractivity contribution in [3.63, 3.8) is 0 Å². The Kier molecular flexibility index (Phi) is 4.35. The number of halogens is 2. The van der Waals surface area contributed by atoms with E-state index in [0.717, 1.165) is 31.4 Å². The second-order valence-corrected chi connectivity index (χ2v) is 5.43. The maximum Gasteiger partial charge on any atom is 0.241 e. The van der Waals surface area contributed by atoms with Crippen molar-refractivity contribution >= 4 is 27.5 Å². The summed E-state index contributed by atoms with van der Waals surface area (Å²) in [6.45, 7) is 2.71. The molecule has 18 heavy (non-hydrogen) atoms. The molecule has 0 saturated carbocycles. The van der Waals surface area contributed by atoms with Crippen molar-refractivity contribution in [2.75, 3.05) is 11.9 Å². The molecule has 1 aliphatic rings. The minimum absolute atomic E-state index is 0.0838. The first-order chi connectivity index (χ1) is 8.58. The number of rotatable bonds is 2. The van der Waals surface area contributed by atoms with Crippen LogP contribution in [0.2, 0.25) is 0 Å². The van der Waals surface area contributed by atoms with Crippen LogP contribution in [0.25, 0.3) is 0 Å². The summed E-state index contributed by atoms with van der Waals surface area (Å²) in [7, 11) is 0. The Labute approximate surface area is 114 Å². The first-order valence-electron chi connectivity index (χ1n) is 6.08. The Balaban J connectivity index is 2.08. The van der Waals surface area contributed by atoms with Gasteiger partial charge in [-0.1, -0.05) is 6.42 Å². The minimum atomic E-state index is -0.368. The minimum Gasteiger partial charge on any atom is -0.324 e. The average molecular weight is 315 g/mol. The third kappa shape index (κ3) is 3.09. The van der Waals surface area contributed by atoms with E-state index in [0.29, 0.717) is 10.2 Å². The molecule has 1 amide bonds. The monoisotopic (exact) mass is 314 g/mol. The molecule has 1 atom stereocenters. The number of anilines is 1. The zero-order valence-corrected chi connectivity index (χ0v) is 11.8. The molecule has 1 heterocycles. The highest BCUT2D eigenvalue weighted by atomic mass is 79.9. The molecule has 2 N–H and O–H groups in total. The van der Waals surface area contributed by atoms with E-state index in [9.17, 15) is 9.18 Å². The molecule has 0 aromatic heterocycles. The van der Waals surface area contributed by atoms with Crippen molar-refractivity contribution in [3.8, 4) is 0 Å². The summed E-state index contributed by atoms with van der Waals surface area (Å²) in [5, 5.41) is 5.96. The number of carbonyl (C=O) groups excluding carboxylic acids is 1. The summed E-state index contributed by atoms with van der Waals surface area (Å²) in [6.07, 6.45) is 3.00. The number of piperidine rings is 1. The van der Waals surface area contributed by atoms with Crippen LogP contribution in [0.1, 0.15) is 24.8 Å². The van der Waals surface area contributed by atoms with E-state index in [4.69, 9.17) is 0 Å². The standard InChI is InChI=1S/C13H16BrFN2O/c1-8-6-9(14)10(15)7-12(8)17-13(18)11-4-2-3-5-16-11/h6-7,11,16H,2-5H2,1H3,(H,17,18)/t11-/m1/s1. The van der Waals surface area contributed by atoms with Crippen molar-refractivity contribution in [2.45, 2.75) is 32.2 Å². The lowest BCUT2D eigenvalue weighted by atomic mass is 10.0. The highest BCUT2D eigenvalue weighted by molar-refractivity contribution is 9.10. The maximum atomic E-state index is 13.4. The molecule has 3 nitrogen and oxygen atoms in total. The molecule has 1 fully saturated rings. The molecule has 2 rings (SSSR count). The zero-order valence-electron chi connectivity index (χ0n) is 10.2. The van der Waals surface area contributed by atoms with E-state index in [-0.39, 0.29) is 17.8 Å². The van der Waals surface area contributed by atoms with Crippen LogP contribution in [-0.2, 0) is 4.79 Å². The number of aryl methyl sites for hydroxylation is 1. The largest absolute Gasteiger partial charge is 0.324 e. The van der Waals surface area contributed by atoms with Crippen molar-refractivity contribution in [2.24, 2.45) is 0 Å². The fraction of sp³-hybridized carbons (Fsp3) is 0.462. The van der Waals surface area contributed by atoms with E-state index in [1.165, 1.54) is 6.07 Å². The summed E-state index contributed by atoms with van der Waals surface area (Å²) >= 11 is 3.12. The van der Waals surface area contributed by atoms with Crippen LogP contribution in [0.15, 0.2) is 16.6 Å². The first-order valence-corrected chi connectivity index (χ1v) is 6.87. The molecular weight excluding hydrogens is 299 g/mol. The highest BCUT2D eigenvalue weighted by Gasteiger charge is 2.21. The SMILES string of the molecule is Cc1cc(Br)c(F)cc1NC(=O)[C@H]1CCCCN1. The number of benzene rings is 1. The molecule has 1 aromatic carbocycles. The van der Waals surface area contributed by atoms with Crippen LogP contribution < -0.4 is 10.6 Å². The zero-order chi connectivity index (χ0) is 13.1. The molecule has 1 aliphatic heterocycles. The molecule has 5 heteroatoms. The highest BCUT2D eigenvalue weighted by Crippen LogP contribution is 2.24. The maximum absolute atomic E-state index is 13.4. The summed E-state index contributed by atoms with van der Waals surface area (Å²) in [4.78, 5) is 12.0. The predicted octanol–water partition coefficient (Wildman–Crippen LogP) is 2.98. The van der Waals surface area contributed by atoms with Crippen LogP contribution in [0.5, 0.6) is 0 Å². The lowest BCUT2D eigenvalue weighted by Gasteiger charge is -2.23. The van der Waals surface area contributed by atoms with Crippen molar-refractivity contribution < 1.29 is 9.18 Å². The van der Waals surface area contributed by atoms with Gasteiger partial charge >= 0.3 is 0 Å². The van der Waals surface area contributed by atoms with Gasteiger partial charge in [0.05, 0.1) is 10.5 Å². The smallest absolute Gasteiger partial charge is 0.241 e. The van der Waals surface area contributed by atoms with Gasteiger partial charge in [-0.2, -0.15) is 0 Å². The Bertz CT molecular complexity index is 459. The van der Waals surface area contributed by atoms with Gasteiger partial charge in [0.15, 0.2) is 0 Å². The molecule has 1 saturated heterocycles. The van der Waals surface area contributed by atoms with Gasteiger partial charge in [0.25, 0.3) is 0 Å². The number of hydrogen-bond acceptors (Lipinski definition) is 2. The van der Waals surface area contributed by atoms with E-state index in [2.05, 4.69) is 26.6 Å². The van der Waals surface area contributed by atoms with Gasteiger partial charge in [-0.3, -0.25) is 4.79 Å². The Morgan fingerprint density at radius 2 is 2.28 bits per heavy atom. The van der Waals surface area contributed by atoms with Gasteiger partial charge in [0.2, 0.25) is 5.91 Å². The molecule has 0 bridgehead atoms. The summed E-state index contributed by atoms with van der Waals surface area (Å²) in [5.74, 6) is -0.452. The Morgan fingerprint density at radius 1 is 1.50 bits per heavy atom. The molecular formula is C13H16BrFN2O. The van der Waals surface area contributed by atoms with Gasteiger partial charge in [-0.25, -0.2) is 4.39 Å². The van der Waals surface area contributed by atoms with Gasteiger partial charge in [-0.05, 0) is 59.9 Å². The van der Waals surface area contributed by atoms with Crippen LogP contribution >= 0.6 is 15.9 Å². The fourth-order valence-corrected chi connectivity index (χ4v) is 2.53. The third-order valence-corrected chi connectivity index (χ3v) is 3.76. The van der Waals surface area contributed by atoms with E-state index < -0.39 is 0 Å². The lowest BCUT2D eigenvalue weighted by Crippen LogP contribution is -2.43. The van der Waals surface area contributed by atoms with Crippen molar-refractivity contribution in [1.29, 1.82) is 0 Å². The molecule has 0 aliphatic carbocycles. The van der Waals surface area contributed by atoms with Gasteiger partial charge < -0.3 is 10.6 Å².